The molecule has 0 spiro atoms. The van der Waals surface area contributed by atoms with E-state index in [1.54, 1.807) is 12.1 Å². The van der Waals surface area contributed by atoms with Crippen LogP contribution in [0.15, 0.2) is 53.0 Å². The minimum atomic E-state index is -0.490. The zero-order chi connectivity index (χ0) is 15.5. The first kappa shape index (κ1) is 14.9. The van der Waals surface area contributed by atoms with Gasteiger partial charge in [0.15, 0.2) is 0 Å². The van der Waals surface area contributed by atoms with Gasteiger partial charge in [-0.25, -0.2) is 9.37 Å². The highest BCUT2D eigenvalue weighted by Crippen LogP contribution is 2.23. The maximum absolute atomic E-state index is 13.6. The van der Waals surface area contributed by atoms with Gasteiger partial charge in [0.2, 0.25) is 5.91 Å². The fraction of sp³-hybridized carbons (Fsp3) is 0. The van der Waals surface area contributed by atoms with Crippen LogP contribution in [0, 0.1) is 5.82 Å². The fourth-order valence-electron chi connectivity index (χ4n) is 1.87. The van der Waals surface area contributed by atoms with E-state index in [9.17, 15) is 9.18 Å². The normalized spacial score (nSPS) is 11.2. The van der Waals surface area contributed by atoms with Crippen molar-refractivity contribution in [3.63, 3.8) is 0 Å². The number of thiazole rings is 1. The van der Waals surface area contributed by atoms with Crippen molar-refractivity contribution in [2.75, 3.05) is 5.32 Å². The molecule has 0 bridgehead atoms. The van der Waals surface area contributed by atoms with Gasteiger partial charge < -0.3 is 5.32 Å². The topological polar surface area (TPSA) is 42.0 Å². The van der Waals surface area contributed by atoms with Crippen LogP contribution in [0.1, 0.15) is 5.01 Å². The highest BCUT2D eigenvalue weighted by molar-refractivity contribution is 9.10. The highest BCUT2D eigenvalue weighted by atomic mass is 79.9. The van der Waals surface area contributed by atoms with E-state index in [4.69, 9.17) is 0 Å². The largest absolute Gasteiger partial charge is 0.320 e. The first-order valence-corrected chi connectivity index (χ1v) is 8.02. The molecule has 0 radical (unpaired) electrons. The smallest absolute Gasteiger partial charge is 0.248 e. The summed E-state index contributed by atoms with van der Waals surface area (Å²) in [7, 11) is 0. The molecule has 1 heterocycles. The monoisotopic (exact) mass is 376 g/mol. The number of carbonyl (C=O) groups excluding carboxylic acids is 1. The molecule has 3 aromatic rings. The van der Waals surface area contributed by atoms with Gasteiger partial charge in [0.05, 0.1) is 15.9 Å². The number of para-hydroxylation sites is 1. The van der Waals surface area contributed by atoms with Gasteiger partial charge in [-0.3, -0.25) is 4.79 Å². The molecule has 2 aromatic carbocycles. The number of fused-ring (bicyclic) bond motifs is 1. The van der Waals surface area contributed by atoms with Gasteiger partial charge in [0.25, 0.3) is 0 Å². The van der Waals surface area contributed by atoms with Crippen molar-refractivity contribution in [2.45, 2.75) is 0 Å². The summed E-state index contributed by atoms with van der Waals surface area (Å²) in [5.74, 6) is -0.892. The molecule has 0 aliphatic carbocycles. The predicted molar refractivity (Wildman–Crippen MR) is 91.4 cm³/mol. The predicted octanol–water partition coefficient (Wildman–Crippen LogP) is 4.85. The lowest BCUT2D eigenvalue weighted by Gasteiger charge is -2.03. The van der Waals surface area contributed by atoms with Gasteiger partial charge in [-0.15, -0.1) is 11.3 Å². The summed E-state index contributed by atoms with van der Waals surface area (Å²) in [6.45, 7) is 0. The molecule has 0 atom stereocenters. The molecule has 0 fully saturated rings. The van der Waals surface area contributed by atoms with Crippen molar-refractivity contribution >= 4 is 55.2 Å². The Bertz CT molecular complexity index is 842. The van der Waals surface area contributed by atoms with E-state index in [1.165, 1.54) is 29.5 Å². The van der Waals surface area contributed by atoms with Crippen molar-refractivity contribution in [3.8, 4) is 0 Å². The van der Waals surface area contributed by atoms with Crippen LogP contribution in [0.5, 0.6) is 0 Å². The van der Waals surface area contributed by atoms with Crippen LogP contribution in [0.2, 0.25) is 0 Å². The lowest BCUT2D eigenvalue weighted by Crippen LogP contribution is -2.09. The molecule has 0 aliphatic rings. The molecule has 1 amide bonds. The van der Waals surface area contributed by atoms with E-state index in [0.717, 1.165) is 15.2 Å². The Morgan fingerprint density at radius 2 is 2.09 bits per heavy atom. The number of amides is 1. The number of hydrogen-bond acceptors (Lipinski definition) is 3. The summed E-state index contributed by atoms with van der Waals surface area (Å²) in [5.41, 5.74) is 1.04. The first-order valence-electron chi connectivity index (χ1n) is 6.41. The van der Waals surface area contributed by atoms with Gasteiger partial charge in [-0.2, -0.15) is 0 Å². The molecule has 22 heavy (non-hydrogen) atoms. The number of nitrogens with zero attached hydrogens (tertiary/aromatic N) is 1. The minimum absolute atomic E-state index is 0.141. The number of rotatable bonds is 3. The van der Waals surface area contributed by atoms with E-state index in [2.05, 4.69) is 26.2 Å². The number of anilines is 1. The van der Waals surface area contributed by atoms with Gasteiger partial charge in [0, 0.05) is 10.5 Å². The molecule has 0 unspecified atom stereocenters. The summed E-state index contributed by atoms with van der Waals surface area (Å²) in [6.07, 6.45) is 2.97. The number of nitrogens with one attached hydrogen (secondary N) is 1. The van der Waals surface area contributed by atoms with Crippen molar-refractivity contribution in [1.29, 1.82) is 0 Å². The van der Waals surface area contributed by atoms with Crippen LogP contribution in [-0.4, -0.2) is 10.9 Å². The maximum Gasteiger partial charge on any atom is 0.248 e. The van der Waals surface area contributed by atoms with Crippen molar-refractivity contribution in [2.24, 2.45) is 0 Å². The molecule has 3 nitrogen and oxygen atoms in total. The standard InChI is InChI=1S/C16H10BrFN2OS/c17-10-5-6-12(11(18)9-10)19-15(21)7-8-16-20-13-3-1-2-4-14(13)22-16/h1-9H,(H,19,21). The van der Waals surface area contributed by atoms with Gasteiger partial charge in [-0.1, -0.05) is 28.1 Å². The van der Waals surface area contributed by atoms with Crippen LogP contribution < -0.4 is 5.32 Å². The third kappa shape index (κ3) is 3.40. The molecule has 0 saturated heterocycles. The summed E-state index contributed by atoms with van der Waals surface area (Å²) < 4.78 is 15.3. The lowest BCUT2D eigenvalue weighted by molar-refractivity contribution is -0.111. The van der Waals surface area contributed by atoms with Crippen molar-refractivity contribution in [1.82, 2.24) is 4.98 Å². The zero-order valence-corrected chi connectivity index (χ0v) is 13.6. The SMILES string of the molecule is O=C(C=Cc1nc2ccccc2s1)Nc1ccc(Br)cc1F. The minimum Gasteiger partial charge on any atom is -0.320 e. The molecular weight excluding hydrogens is 367 g/mol. The fourth-order valence-corrected chi connectivity index (χ4v) is 3.08. The van der Waals surface area contributed by atoms with Crippen molar-refractivity contribution in [3.05, 3.63) is 63.8 Å². The Balaban J connectivity index is 1.73. The van der Waals surface area contributed by atoms with E-state index in [0.29, 0.717) is 4.47 Å². The highest BCUT2D eigenvalue weighted by Gasteiger charge is 2.05. The second-order valence-corrected chi connectivity index (χ2v) is 6.44. The zero-order valence-electron chi connectivity index (χ0n) is 11.2. The maximum atomic E-state index is 13.6. The number of benzene rings is 2. The Kier molecular flexibility index (Phi) is 4.31. The van der Waals surface area contributed by atoms with Crippen LogP contribution in [0.4, 0.5) is 10.1 Å². The van der Waals surface area contributed by atoms with Gasteiger partial charge in [0.1, 0.15) is 10.8 Å². The van der Waals surface area contributed by atoms with E-state index >= 15 is 0 Å². The summed E-state index contributed by atoms with van der Waals surface area (Å²) in [4.78, 5) is 16.2. The number of carbonyl (C=O) groups is 1. The van der Waals surface area contributed by atoms with Crippen LogP contribution in [0.25, 0.3) is 16.3 Å². The third-order valence-corrected chi connectivity index (χ3v) is 4.37. The molecule has 1 N–H and O–H groups in total. The number of halogens is 2. The molecule has 1 aromatic heterocycles. The molecule has 0 aliphatic heterocycles. The van der Waals surface area contributed by atoms with Crippen molar-refractivity contribution < 1.29 is 9.18 Å². The Morgan fingerprint density at radius 1 is 1.27 bits per heavy atom. The molecule has 110 valence electrons. The van der Waals surface area contributed by atoms with Gasteiger partial charge >= 0.3 is 0 Å². The van der Waals surface area contributed by atoms with Gasteiger partial charge in [-0.05, 0) is 36.4 Å². The van der Waals surface area contributed by atoms with E-state index < -0.39 is 11.7 Å². The number of aromatic nitrogens is 1. The first-order chi connectivity index (χ1) is 10.6. The Morgan fingerprint density at radius 3 is 2.86 bits per heavy atom. The second kappa shape index (κ2) is 6.37. The summed E-state index contributed by atoms with van der Waals surface area (Å²) in [6, 6.07) is 12.2. The van der Waals surface area contributed by atoms with E-state index in [1.807, 2.05) is 24.3 Å². The molecule has 0 saturated carbocycles. The van der Waals surface area contributed by atoms with Crippen LogP contribution in [0.3, 0.4) is 0 Å². The Hall–Kier alpha value is -2.05. The Labute approximate surface area is 138 Å². The average molecular weight is 377 g/mol. The number of hydrogen-bond donors (Lipinski definition) is 1. The average Bonchev–Trinajstić information content (AvgIpc) is 2.91. The second-order valence-electron chi connectivity index (χ2n) is 4.47. The summed E-state index contributed by atoms with van der Waals surface area (Å²) >= 11 is 4.66. The molecule has 3 rings (SSSR count). The lowest BCUT2D eigenvalue weighted by atomic mass is 10.3. The summed E-state index contributed by atoms with van der Waals surface area (Å²) in [5, 5.41) is 3.23. The van der Waals surface area contributed by atoms with Crippen LogP contribution in [-0.2, 0) is 4.79 Å². The molecule has 6 heteroatoms. The van der Waals surface area contributed by atoms with Crippen LogP contribution >= 0.6 is 27.3 Å². The third-order valence-electron chi connectivity index (χ3n) is 2.88. The molecular formula is C16H10BrFN2OS. The van der Waals surface area contributed by atoms with E-state index in [-0.39, 0.29) is 5.69 Å². The quantitative estimate of drug-likeness (QED) is 0.663.